The Morgan fingerprint density at radius 1 is 1.24 bits per heavy atom. The summed E-state index contributed by atoms with van der Waals surface area (Å²) in [6.45, 7) is -0.254. The van der Waals surface area contributed by atoms with Gasteiger partial charge in [0, 0.05) is 5.69 Å². The molecule has 29 heavy (non-hydrogen) atoms. The van der Waals surface area contributed by atoms with Crippen LogP contribution < -0.4 is 20.5 Å². The molecule has 2 amide bonds. The van der Waals surface area contributed by atoms with Gasteiger partial charge in [-0.25, -0.2) is 13.6 Å². The van der Waals surface area contributed by atoms with E-state index in [-0.39, 0.29) is 17.4 Å². The second-order valence-electron chi connectivity index (χ2n) is 5.83. The number of sulfonamides is 1. The molecule has 1 fully saturated rings. The first kappa shape index (κ1) is 21.0. The minimum absolute atomic E-state index is 0.0486. The Morgan fingerprint density at radius 2 is 1.97 bits per heavy atom. The zero-order valence-corrected chi connectivity index (χ0v) is 17.2. The molecule has 11 heteroatoms. The third-order valence-corrected chi connectivity index (χ3v) is 5.73. The van der Waals surface area contributed by atoms with E-state index in [2.05, 4.69) is 10.6 Å². The van der Waals surface area contributed by atoms with Gasteiger partial charge in [0.1, 0.15) is 10.1 Å². The van der Waals surface area contributed by atoms with Crippen molar-refractivity contribution in [3.63, 3.8) is 0 Å². The highest BCUT2D eigenvalue weighted by Gasteiger charge is 2.21. The maximum Gasteiger partial charge on any atom is 0.263 e. The van der Waals surface area contributed by atoms with Crippen LogP contribution in [0.5, 0.6) is 5.75 Å². The van der Waals surface area contributed by atoms with Crippen LogP contribution in [0.3, 0.4) is 0 Å². The molecule has 4 N–H and O–H groups in total. The molecule has 0 aromatic heterocycles. The molecule has 2 aromatic carbocycles. The first-order valence-electron chi connectivity index (χ1n) is 8.11. The number of anilines is 1. The maximum atomic E-state index is 12.0. The molecular formula is C18H15N3O5S3. The number of nitrogens with one attached hydrogen (secondary N) is 2. The number of hydrogen-bond donors (Lipinski definition) is 3. The van der Waals surface area contributed by atoms with Crippen molar-refractivity contribution in [3.05, 3.63) is 59.0 Å². The van der Waals surface area contributed by atoms with Crippen molar-refractivity contribution >= 4 is 61.9 Å². The Kier molecular flexibility index (Phi) is 6.33. The van der Waals surface area contributed by atoms with Gasteiger partial charge in [0.05, 0.1) is 9.80 Å². The predicted octanol–water partition coefficient (Wildman–Crippen LogP) is 1.84. The van der Waals surface area contributed by atoms with Crippen LogP contribution in [-0.4, -0.2) is 31.2 Å². The molecular weight excluding hydrogens is 434 g/mol. The molecule has 2 aromatic rings. The molecule has 3 rings (SSSR count). The minimum atomic E-state index is -3.79. The minimum Gasteiger partial charge on any atom is -0.484 e. The van der Waals surface area contributed by atoms with Crippen molar-refractivity contribution in [1.29, 1.82) is 0 Å². The summed E-state index contributed by atoms with van der Waals surface area (Å²) >= 11 is 6.13. The molecule has 1 saturated heterocycles. The summed E-state index contributed by atoms with van der Waals surface area (Å²) in [5.41, 5.74) is 1.13. The molecule has 0 unspecified atom stereocenters. The van der Waals surface area contributed by atoms with E-state index in [4.69, 9.17) is 22.1 Å². The number of amides is 2. The van der Waals surface area contributed by atoms with Gasteiger partial charge in [0.15, 0.2) is 6.61 Å². The van der Waals surface area contributed by atoms with E-state index in [1.165, 1.54) is 36.0 Å². The first-order chi connectivity index (χ1) is 13.7. The lowest BCUT2D eigenvalue weighted by molar-refractivity contribution is -0.118. The third-order valence-electron chi connectivity index (χ3n) is 3.63. The lowest BCUT2D eigenvalue weighted by Gasteiger charge is -2.08. The van der Waals surface area contributed by atoms with Gasteiger partial charge in [-0.05, 0) is 48.0 Å². The molecule has 1 aliphatic rings. The average Bonchev–Trinajstić information content (AvgIpc) is 2.97. The lowest BCUT2D eigenvalue weighted by atomic mass is 10.2. The fraction of sp³-hybridized carbons (Fsp3) is 0.0556. The van der Waals surface area contributed by atoms with Crippen LogP contribution in [0.4, 0.5) is 5.69 Å². The van der Waals surface area contributed by atoms with Gasteiger partial charge < -0.3 is 15.4 Å². The monoisotopic (exact) mass is 449 g/mol. The number of nitrogens with two attached hydrogens (primary N) is 1. The lowest BCUT2D eigenvalue weighted by Crippen LogP contribution is -2.20. The molecule has 0 atom stereocenters. The van der Waals surface area contributed by atoms with Gasteiger partial charge in [-0.2, -0.15) is 0 Å². The summed E-state index contributed by atoms with van der Waals surface area (Å²) in [5, 5.41) is 10.2. The molecule has 150 valence electrons. The molecule has 1 heterocycles. The van der Waals surface area contributed by atoms with Gasteiger partial charge >= 0.3 is 0 Å². The molecule has 0 radical (unpaired) electrons. The molecule has 8 nitrogen and oxygen atoms in total. The van der Waals surface area contributed by atoms with Crippen molar-refractivity contribution in [2.75, 3.05) is 11.9 Å². The van der Waals surface area contributed by atoms with Crippen LogP contribution in [0.1, 0.15) is 5.56 Å². The van der Waals surface area contributed by atoms with Crippen LogP contribution in [0.15, 0.2) is 58.3 Å². The average molecular weight is 450 g/mol. The normalized spacial score (nSPS) is 15.3. The van der Waals surface area contributed by atoms with E-state index in [1.54, 1.807) is 30.3 Å². The number of primary sulfonamides is 1. The van der Waals surface area contributed by atoms with Crippen LogP contribution in [0, 0.1) is 0 Å². The standard InChI is InChI=1S/C18H15N3O5S3/c19-29(24,25)14-6-4-12(5-7-14)20-16(22)10-26-13-3-1-2-11(8-13)9-15-17(23)21-18(27)28-15/h1-9H,10H2,(H,20,22)(H2,19,24,25)(H,21,23,27)/b15-9-. The molecule has 0 aliphatic carbocycles. The Balaban J connectivity index is 1.58. The van der Waals surface area contributed by atoms with Crippen LogP contribution in [-0.2, 0) is 19.6 Å². The van der Waals surface area contributed by atoms with Gasteiger partial charge in [-0.15, -0.1) is 0 Å². The molecule has 1 aliphatic heterocycles. The van der Waals surface area contributed by atoms with Crippen molar-refractivity contribution in [2.24, 2.45) is 5.14 Å². The zero-order valence-electron chi connectivity index (χ0n) is 14.7. The fourth-order valence-corrected chi connectivity index (χ4v) is 3.90. The molecule has 0 saturated carbocycles. The third kappa shape index (κ3) is 5.87. The first-order valence-corrected chi connectivity index (χ1v) is 10.9. The van der Waals surface area contributed by atoms with Crippen molar-refractivity contribution in [1.82, 2.24) is 5.32 Å². The Hall–Kier alpha value is -2.73. The number of carbonyl (C=O) groups is 2. The summed E-state index contributed by atoms with van der Waals surface area (Å²) in [6, 6.07) is 12.4. The topological polar surface area (TPSA) is 128 Å². The quantitative estimate of drug-likeness (QED) is 0.453. The van der Waals surface area contributed by atoms with Crippen molar-refractivity contribution in [2.45, 2.75) is 4.90 Å². The van der Waals surface area contributed by atoms with E-state index in [1.807, 2.05) is 0 Å². The molecule has 0 spiro atoms. The predicted molar refractivity (Wildman–Crippen MR) is 115 cm³/mol. The zero-order chi connectivity index (χ0) is 21.0. The Morgan fingerprint density at radius 3 is 2.59 bits per heavy atom. The Bertz CT molecular complexity index is 1110. The van der Waals surface area contributed by atoms with Crippen LogP contribution in [0.2, 0.25) is 0 Å². The highest BCUT2D eigenvalue weighted by molar-refractivity contribution is 8.26. The summed E-state index contributed by atoms with van der Waals surface area (Å²) in [7, 11) is -3.79. The number of carbonyl (C=O) groups excluding carboxylic acids is 2. The van der Waals surface area contributed by atoms with E-state index >= 15 is 0 Å². The number of benzene rings is 2. The summed E-state index contributed by atoms with van der Waals surface area (Å²) in [6.07, 6.45) is 1.68. The van der Waals surface area contributed by atoms with Crippen molar-refractivity contribution < 1.29 is 22.7 Å². The Labute approximate surface area is 176 Å². The second kappa shape index (κ2) is 8.74. The largest absolute Gasteiger partial charge is 0.484 e. The number of thiocarbonyl (C=S) groups is 1. The summed E-state index contributed by atoms with van der Waals surface area (Å²) in [5.74, 6) is -0.225. The number of ether oxygens (including phenoxy) is 1. The fourth-order valence-electron chi connectivity index (χ4n) is 2.34. The van der Waals surface area contributed by atoms with Crippen LogP contribution >= 0.6 is 24.0 Å². The highest BCUT2D eigenvalue weighted by Crippen LogP contribution is 2.26. The van der Waals surface area contributed by atoms with Crippen molar-refractivity contribution in [3.8, 4) is 5.75 Å². The van der Waals surface area contributed by atoms with Gasteiger partial charge in [-0.1, -0.05) is 36.1 Å². The highest BCUT2D eigenvalue weighted by atomic mass is 32.2. The van der Waals surface area contributed by atoms with E-state index in [0.717, 1.165) is 5.56 Å². The van der Waals surface area contributed by atoms with Gasteiger partial charge in [-0.3, -0.25) is 9.59 Å². The number of hydrogen-bond acceptors (Lipinski definition) is 7. The summed E-state index contributed by atoms with van der Waals surface area (Å²) in [4.78, 5) is 24.2. The maximum absolute atomic E-state index is 12.0. The van der Waals surface area contributed by atoms with E-state index < -0.39 is 15.9 Å². The van der Waals surface area contributed by atoms with Gasteiger partial charge in [0.2, 0.25) is 10.0 Å². The number of thioether (sulfide) groups is 1. The van der Waals surface area contributed by atoms with E-state index in [9.17, 15) is 18.0 Å². The summed E-state index contributed by atoms with van der Waals surface area (Å²) < 4.78 is 28.4. The van der Waals surface area contributed by atoms with E-state index in [0.29, 0.717) is 20.7 Å². The SMILES string of the molecule is NS(=O)(=O)c1ccc(NC(=O)COc2cccc(/C=C3\SC(=S)NC3=O)c2)cc1. The smallest absolute Gasteiger partial charge is 0.263 e. The second-order valence-corrected chi connectivity index (χ2v) is 9.11. The molecule has 0 bridgehead atoms. The number of rotatable bonds is 6. The van der Waals surface area contributed by atoms with Crippen LogP contribution in [0.25, 0.3) is 6.08 Å². The van der Waals surface area contributed by atoms with Gasteiger partial charge in [0.25, 0.3) is 11.8 Å².